The first-order chi connectivity index (χ1) is 12.2. The van der Waals surface area contributed by atoms with Crippen molar-refractivity contribution in [2.24, 2.45) is 0 Å². The van der Waals surface area contributed by atoms with Crippen molar-refractivity contribution < 1.29 is 4.79 Å². The summed E-state index contributed by atoms with van der Waals surface area (Å²) in [5.74, 6) is -0.111. The molecule has 0 bridgehead atoms. The molecule has 1 aromatic carbocycles. The number of anilines is 1. The highest BCUT2D eigenvalue weighted by atomic mass is 35.5. The molecule has 1 amide bonds. The Morgan fingerprint density at radius 2 is 2.12 bits per heavy atom. The number of halogens is 1. The van der Waals surface area contributed by atoms with E-state index in [1.807, 2.05) is 6.92 Å². The van der Waals surface area contributed by atoms with Gasteiger partial charge in [0.05, 0.1) is 6.04 Å². The molecule has 1 fully saturated rings. The normalized spacial score (nSPS) is 17.3. The van der Waals surface area contributed by atoms with Crippen molar-refractivity contribution >= 4 is 24.0 Å². The Morgan fingerprint density at radius 1 is 1.31 bits per heavy atom. The molecule has 7 heteroatoms. The summed E-state index contributed by atoms with van der Waals surface area (Å²) in [6.45, 7) is 5.90. The van der Waals surface area contributed by atoms with Gasteiger partial charge >= 0.3 is 0 Å². The Balaban J connectivity index is 0.00000196. The zero-order valence-electron chi connectivity index (χ0n) is 15.0. The highest BCUT2D eigenvalue weighted by Gasteiger charge is 2.23. The number of rotatable bonds is 4. The SMILES string of the molecule is CC(NC(=O)c1n[nH]c2c1CNCC2)c1cccc(N2CCCC2)c1.Cl. The number of nitrogens with one attached hydrogen (secondary N) is 3. The lowest BCUT2D eigenvalue weighted by atomic mass is 10.0. The zero-order valence-corrected chi connectivity index (χ0v) is 15.9. The van der Waals surface area contributed by atoms with E-state index in [-0.39, 0.29) is 24.4 Å². The molecule has 1 unspecified atom stereocenters. The van der Waals surface area contributed by atoms with Crippen LogP contribution in [-0.4, -0.2) is 35.7 Å². The van der Waals surface area contributed by atoms with Gasteiger partial charge in [0, 0.05) is 49.5 Å². The van der Waals surface area contributed by atoms with Crippen molar-refractivity contribution in [3.05, 3.63) is 46.8 Å². The average Bonchev–Trinajstić information content (AvgIpc) is 3.31. The molecule has 140 valence electrons. The number of aromatic amines is 1. The fourth-order valence-electron chi connectivity index (χ4n) is 3.73. The number of benzene rings is 1. The number of carbonyl (C=O) groups excluding carboxylic acids is 1. The maximum absolute atomic E-state index is 12.7. The molecular formula is C19H26ClN5O. The van der Waals surface area contributed by atoms with E-state index in [1.165, 1.54) is 18.5 Å². The second-order valence-electron chi connectivity index (χ2n) is 6.94. The van der Waals surface area contributed by atoms with Crippen LogP contribution in [0.1, 0.15) is 53.1 Å². The molecule has 4 rings (SSSR count). The van der Waals surface area contributed by atoms with E-state index in [0.717, 1.165) is 42.9 Å². The van der Waals surface area contributed by atoms with E-state index in [9.17, 15) is 4.79 Å². The number of aromatic nitrogens is 2. The minimum atomic E-state index is -0.111. The topological polar surface area (TPSA) is 73.0 Å². The third-order valence-corrected chi connectivity index (χ3v) is 5.21. The summed E-state index contributed by atoms with van der Waals surface area (Å²) in [5.41, 5.74) is 4.97. The molecular weight excluding hydrogens is 350 g/mol. The number of nitrogens with zero attached hydrogens (tertiary/aromatic N) is 2. The summed E-state index contributed by atoms with van der Waals surface area (Å²) < 4.78 is 0. The van der Waals surface area contributed by atoms with Crippen LogP contribution < -0.4 is 15.5 Å². The first-order valence-electron chi connectivity index (χ1n) is 9.15. The lowest BCUT2D eigenvalue weighted by Crippen LogP contribution is -2.30. The van der Waals surface area contributed by atoms with Crippen molar-refractivity contribution in [1.82, 2.24) is 20.8 Å². The van der Waals surface area contributed by atoms with Gasteiger partial charge in [-0.15, -0.1) is 12.4 Å². The maximum atomic E-state index is 12.7. The van der Waals surface area contributed by atoms with Crippen molar-refractivity contribution in [3.63, 3.8) is 0 Å². The third kappa shape index (κ3) is 3.71. The zero-order chi connectivity index (χ0) is 17.2. The molecule has 26 heavy (non-hydrogen) atoms. The van der Waals surface area contributed by atoms with Crippen molar-refractivity contribution in [2.75, 3.05) is 24.5 Å². The van der Waals surface area contributed by atoms with Crippen LogP contribution in [0.25, 0.3) is 0 Å². The summed E-state index contributed by atoms with van der Waals surface area (Å²) >= 11 is 0. The van der Waals surface area contributed by atoms with Gasteiger partial charge in [0.15, 0.2) is 5.69 Å². The van der Waals surface area contributed by atoms with E-state index in [2.05, 4.69) is 50.0 Å². The molecule has 2 aromatic rings. The van der Waals surface area contributed by atoms with Gasteiger partial charge in [-0.2, -0.15) is 5.10 Å². The molecule has 0 saturated carbocycles. The molecule has 0 aliphatic carbocycles. The molecule has 3 N–H and O–H groups in total. The number of H-pyrrole nitrogens is 1. The fraction of sp³-hybridized carbons (Fsp3) is 0.474. The third-order valence-electron chi connectivity index (χ3n) is 5.21. The minimum absolute atomic E-state index is 0. The molecule has 1 atom stereocenters. The van der Waals surface area contributed by atoms with Crippen LogP contribution in [0.2, 0.25) is 0 Å². The van der Waals surface area contributed by atoms with E-state index in [1.54, 1.807) is 0 Å². The van der Waals surface area contributed by atoms with E-state index >= 15 is 0 Å². The summed E-state index contributed by atoms with van der Waals surface area (Å²) in [6, 6.07) is 8.44. The van der Waals surface area contributed by atoms with Gasteiger partial charge in [0.25, 0.3) is 5.91 Å². The Labute approximate surface area is 160 Å². The van der Waals surface area contributed by atoms with Crippen LogP contribution in [0.4, 0.5) is 5.69 Å². The van der Waals surface area contributed by atoms with Gasteiger partial charge < -0.3 is 15.5 Å². The largest absolute Gasteiger partial charge is 0.372 e. The van der Waals surface area contributed by atoms with Crippen LogP contribution >= 0.6 is 12.4 Å². The standard InChI is InChI=1S/C19H25N5O.ClH/c1-13(14-5-4-6-15(11-14)24-9-2-3-10-24)21-19(25)18-16-12-20-8-7-17(16)22-23-18;/h4-6,11,13,20H,2-3,7-10,12H2,1H3,(H,21,25)(H,22,23);1H. The number of fused-ring (bicyclic) bond motifs is 1. The molecule has 3 heterocycles. The van der Waals surface area contributed by atoms with Crippen LogP contribution in [-0.2, 0) is 13.0 Å². The summed E-state index contributed by atoms with van der Waals surface area (Å²) in [6.07, 6.45) is 3.41. The fourth-order valence-corrected chi connectivity index (χ4v) is 3.73. The van der Waals surface area contributed by atoms with Gasteiger partial charge in [-0.05, 0) is 37.5 Å². The summed E-state index contributed by atoms with van der Waals surface area (Å²) in [4.78, 5) is 15.1. The number of hydrogen-bond acceptors (Lipinski definition) is 4. The second kappa shape index (κ2) is 8.10. The Hall–Kier alpha value is -2.05. The Bertz CT molecular complexity index is 769. The molecule has 0 radical (unpaired) electrons. The summed E-state index contributed by atoms with van der Waals surface area (Å²) in [7, 11) is 0. The minimum Gasteiger partial charge on any atom is -0.372 e. The molecule has 0 spiro atoms. The average molecular weight is 376 g/mol. The van der Waals surface area contributed by atoms with Crippen molar-refractivity contribution in [1.29, 1.82) is 0 Å². The number of carbonyl (C=O) groups is 1. The number of amides is 1. The van der Waals surface area contributed by atoms with E-state index in [4.69, 9.17) is 0 Å². The molecule has 6 nitrogen and oxygen atoms in total. The predicted octanol–water partition coefficient (Wildman–Crippen LogP) is 2.57. The monoisotopic (exact) mass is 375 g/mol. The Morgan fingerprint density at radius 3 is 2.92 bits per heavy atom. The summed E-state index contributed by atoms with van der Waals surface area (Å²) in [5, 5.41) is 13.6. The highest BCUT2D eigenvalue weighted by Crippen LogP contribution is 2.24. The highest BCUT2D eigenvalue weighted by molar-refractivity contribution is 5.94. The van der Waals surface area contributed by atoms with E-state index < -0.39 is 0 Å². The lowest BCUT2D eigenvalue weighted by Gasteiger charge is -2.21. The first-order valence-corrected chi connectivity index (χ1v) is 9.15. The van der Waals surface area contributed by atoms with Crippen LogP contribution in [0, 0.1) is 0 Å². The smallest absolute Gasteiger partial charge is 0.272 e. The quantitative estimate of drug-likeness (QED) is 0.768. The van der Waals surface area contributed by atoms with Crippen LogP contribution in [0.5, 0.6) is 0 Å². The predicted molar refractivity (Wildman–Crippen MR) is 105 cm³/mol. The second-order valence-corrected chi connectivity index (χ2v) is 6.94. The number of hydrogen-bond donors (Lipinski definition) is 3. The van der Waals surface area contributed by atoms with E-state index in [0.29, 0.717) is 12.2 Å². The lowest BCUT2D eigenvalue weighted by molar-refractivity contribution is 0.0933. The van der Waals surface area contributed by atoms with Gasteiger partial charge in [0.1, 0.15) is 0 Å². The van der Waals surface area contributed by atoms with Gasteiger partial charge in [-0.25, -0.2) is 0 Å². The van der Waals surface area contributed by atoms with Crippen molar-refractivity contribution in [3.8, 4) is 0 Å². The van der Waals surface area contributed by atoms with Gasteiger partial charge in [-0.1, -0.05) is 12.1 Å². The van der Waals surface area contributed by atoms with Crippen molar-refractivity contribution in [2.45, 2.75) is 38.8 Å². The molecule has 2 aliphatic rings. The van der Waals surface area contributed by atoms with Gasteiger partial charge in [0.2, 0.25) is 0 Å². The maximum Gasteiger partial charge on any atom is 0.272 e. The Kier molecular flexibility index (Phi) is 5.84. The molecule has 1 saturated heterocycles. The first kappa shape index (κ1) is 18.7. The van der Waals surface area contributed by atoms with Crippen LogP contribution in [0.15, 0.2) is 24.3 Å². The molecule has 1 aromatic heterocycles. The van der Waals surface area contributed by atoms with Crippen LogP contribution in [0.3, 0.4) is 0 Å². The van der Waals surface area contributed by atoms with Gasteiger partial charge in [-0.3, -0.25) is 9.89 Å². The molecule has 2 aliphatic heterocycles.